The minimum atomic E-state index is -0.295. The molecule has 0 spiro atoms. The van der Waals surface area contributed by atoms with Crippen molar-refractivity contribution in [2.24, 2.45) is 4.99 Å². The van der Waals surface area contributed by atoms with Crippen molar-refractivity contribution in [1.82, 2.24) is 10.6 Å². The molecule has 0 saturated heterocycles. The number of guanidine groups is 1. The summed E-state index contributed by atoms with van der Waals surface area (Å²) < 4.78 is 37.5. The number of nitrogens with one attached hydrogen (secondary N) is 2. The Labute approximate surface area is 186 Å². The van der Waals surface area contributed by atoms with Crippen LogP contribution in [0.1, 0.15) is 23.6 Å². The quantitative estimate of drug-likeness (QED) is 0.334. The lowest BCUT2D eigenvalue weighted by Gasteiger charge is -2.20. The second-order valence-electron chi connectivity index (χ2n) is 6.48. The second kappa shape index (κ2) is 11.9. The lowest BCUT2D eigenvalue weighted by molar-refractivity contribution is -0.0172. The molecule has 0 fully saturated rings. The van der Waals surface area contributed by atoms with Crippen molar-refractivity contribution in [3.63, 3.8) is 0 Å². The predicted molar refractivity (Wildman–Crippen MR) is 120 cm³/mol. The molecule has 0 amide bonds. The van der Waals surface area contributed by atoms with Crippen LogP contribution in [0.5, 0.6) is 5.75 Å². The van der Waals surface area contributed by atoms with Gasteiger partial charge in [0, 0.05) is 25.2 Å². The third-order valence-corrected chi connectivity index (χ3v) is 4.37. The molecular formula is C21H26F2IN3O2. The summed E-state index contributed by atoms with van der Waals surface area (Å²) in [7, 11) is 0. The fraction of sp³-hybridized carbons (Fsp3) is 0.381. The van der Waals surface area contributed by atoms with E-state index < -0.39 is 0 Å². The van der Waals surface area contributed by atoms with Gasteiger partial charge in [-0.25, -0.2) is 8.78 Å². The molecule has 3 rings (SSSR count). The molecule has 0 unspecified atom stereocenters. The molecule has 0 bridgehead atoms. The van der Waals surface area contributed by atoms with Gasteiger partial charge in [0.15, 0.2) is 12.8 Å². The van der Waals surface area contributed by atoms with E-state index >= 15 is 0 Å². The highest BCUT2D eigenvalue weighted by Crippen LogP contribution is 2.29. The Hall–Kier alpha value is -1.94. The number of benzene rings is 2. The molecule has 0 atom stereocenters. The molecule has 158 valence electrons. The Morgan fingerprint density at radius 2 is 1.86 bits per heavy atom. The first kappa shape index (κ1) is 23.3. The van der Waals surface area contributed by atoms with E-state index in [0.29, 0.717) is 37.8 Å². The number of halogens is 3. The zero-order chi connectivity index (χ0) is 19.8. The van der Waals surface area contributed by atoms with Crippen LogP contribution in [0.25, 0.3) is 0 Å². The van der Waals surface area contributed by atoms with Gasteiger partial charge >= 0.3 is 0 Å². The zero-order valence-corrected chi connectivity index (χ0v) is 18.7. The summed E-state index contributed by atoms with van der Waals surface area (Å²) in [6, 6.07) is 9.41. The number of nitrogens with zero attached hydrogens (tertiary/aromatic N) is 1. The van der Waals surface area contributed by atoms with Crippen LogP contribution in [0.4, 0.5) is 8.78 Å². The van der Waals surface area contributed by atoms with Crippen LogP contribution in [-0.4, -0.2) is 32.4 Å². The average Bonchev–Trinajstić information content (AvgIpc) is 2.69. The third-order valence-electron chi connectivity index (χ3n) is 4.37. The van der Waals surface area contributed by atoms with Crippen molar-refractivity contribution in [3.8, 4) is 5.75 Å². The van der Waals surface area contributed by atoms with Gasteiger partial charge in [-0.15, -0.1) is 24.0 Å². The van der Waals surface area contributed by atoms with Crippen LogP contribution < -0.4 is 15.4 Å². The molecule has 2 N–H and O–H groups in total. The summed E-state index contributed by atoms with van der Waals surface area (Å²) in [6.07, 6.45) is 1.32. The van der Waals surface area contributed by atoms with Crippen molar-refractivity contribution in [3.05, 3.63) is 64.7 Å². The molecule has 29 heavy (non-hydrogen) atoms. The highest BCUT2D eigenvalue weighted by molar-refractivity contribution is 14.0. The van der Waals surface area contributed by atoms with Gasteiger partial charge in [0.2, 0.25) is 0 Å². The topological polar surface area (TPSA) is 54.9 Å². The standard InChI is InChI=1S/C21H25F2N3O2.HI/c1-2-24-21(25-9-7-15-3-5-18(22)6-4-15)26-10-8-16-11-19(23)12-17-13-27-14-28-20(16)17;/h3-6,11-12H,2,7-10,13-14H2,1H3,(H2,24,25,26);1H. The maximum absolute atomic E-state index is 13.8. The first-order valence-corrected chi connectivity index (χ1v) is 9.44. The molecule has 1 aliphatic rings. The van der Waals surface area contributed by atoms with Crippen LogP contribution in [0.15, 0.2) is 41.4 Å². The maximum atomic E-state index is 13.8. The number of rotatable bonds is 7. The fourth-order valence-corrected chi connectivity index (χ4v) is 3.05. The SMILES string of the molecule is CCNC(=NCCc1cc(F)cc2c1OCOC2)NCCc1ccc(F)cc1.I. The van der Waals surface area contributed by atoms with E-state index in [1.807, 2.05) is 6.92 Å². The van der Waals surface area contributed by atoms with Crippen molar-refractivity contribution >= 4 is 29.9 Å². The highest BCUT2D eigenvalue weighted by atomic mass is 127. The maximum Gasteiger partial charge on any atom is 0.191 e. The molecule has 0 aromatic heterocycles. The van der Waals surface area contributed by atoms with Gasteiger partial charge in [-0.2, -0.15) is 0 Å². The zero-order valence-electron chi connectivity index (χ0n) is 16.3. The van der Waals surface area contributed by atoms with Crippen LogP contribution >= 0.6 is 24.0 Å². The first-order valence-electron chi connectivity index (χ1n) is 9.44. The van der Waals surface area contributed by atoms with Gasteiger partial charge in [-0.05, 0) is 55.2 Å². The minimum absolute atomic E-state index is 0. The number of aliphatic imine (C=N–C) groups is 1. The van der Waals surface area contributed by atoms with E-state index in [-0.39, 0.29) is 42.4 Å². The lowest BCUT2D eigenvalue weighted by atomic mass is 10.1. The van der Waals surface area contributed by atoms with E-state index in [4.69, 9.17) is 9.47 Å². The van der Waals surface area contributed by atoms with Gasteiger partial charge in [-0.3, -0.25) is 4.99 Å². The summed E-state index contributed by atoms with van der Waals surface area (Å²) in [5.41, 5.74) is 2.58. The van der Waals surface area contributed by atoms with E-state index in [2.05, 4.69) is 15.6 Å². The largest absolute Gasteiger partial charge is 0.467 e. The van der Waals surface area contributed by atoms with E-state index in [0.717, 1.165) is 29.7 Å². The number of ether oxygens (including phenoxy) is 2. The molecule has 1 heterocycles. The monoisotopic (exact) mass is 517 g/mol. The van der Waals surface area contributed by atoms with Crippen LogP contribution in [0.3, 0.4) is 0 Å². The van der Waals surface area contributed by atoms with Crippen LogP contribution in [-0.2, 0) is 24.2 Å². The Morgan fingerprint density at radius 3 is 2.62 bits per heavy atom. The average molecular weight is 517 g/mol. The van der Waals surface area contributed by atoms with Crippen molar-refractivity contribution in [2.75, 3.05) is 26.4 Å². The predicted octanol–water partition coefficient (Wildman–Crippen LogP) is 3.79. The smallest absolute Gasteiger partial charge is 0.191 e. The van der Waals surface area contributed by atoms with Crippen molar-refractivity contribution < 1.29 is 18.3 Å². The molecular weight excluding hydrogens is 491 g/mol. The molecule has 0 saturated carbocycles. The van der Waals surface area contributed by atoms with Gasteiger partial charge in [0.25, 0.3) is 0 Å². The lowest BCUT2D eigenvalue weighted by Crippen LogP contribution is -2.38. The van der Waals surface area contributed by atoms with Gasteiger partial charge < -0.3 is 20.1 Å². The first-order chi connectivity index (χ1) is 13.7. The molecule has 2 aromatic rings. The van der Waals surface area contributed by atoms with Gasteiger partial charge in [-0.1, -0.05) is 12.1 Å². The summed E-state index contributed by atoms with van der Waals surface area (Å²) in [4.78, 5) is 4.56. The van der Waals surface area contributed by atoms with E-state index in [9.17, 15) is 8.78 Å². The minimum Gasteiger partial charge on any atom is -0.467 e. The normalized spacial score (nSPS) is 13.1. The fourth-order valence-electron chi connectivity index (χ4n) is 3.05. The number of fused-ring (bicyclic) bond motifs is 1. The molecule has 2 aromatic carbocycles. The summed E-state index contributed by atoms with van der Waals surface area (Å²) >= 11 is 0. The third kappa shape index (κ3) is 7.11. The highest BCUT2D eigenvalue weighted by Gasteiger charge is 2.16. The van der Waals surface area contributed by atoms with Gasteiger partial charge in [0.1, 0.15) is 17.4 Å². The van der Waals surface area contributed by atoms with Crippen LogP contribution in [0, 0.1) is 11.6 Å². The molecule has 0 radical (unpaired) electrons. The molecule has 8 heteroatoms. The number of hydrogen-bond donors (Lipinski definition) is 2. The Kier molecular flexibility index (Phi) is 9.59. The molecule has 5 nitrogen and oxygen atoms in total. The Bertz CT molecular complexity index is 816. The van der Waals surface area contributed by atoms with Crippen LogP contribution in [0.2, 0.25) is 0 Å². The summed E-state index contributed by atoms with van der Waals surface area (Å²) in [5, 5.41) is 6.46. The molecule has 0 aliphatic carbocycles. The van der Waals surface area contributed by atoms with E-state index in [1.165, 1.54) is 24.3 Å². The van der Waals surface area contributed by atoms with Gasteiger partial charge in [0.05, 0.1) is 6.61 Å². The molecule has 1 aliphatic heterocycles. The Morgan fingerprint density at radius 1 is 1.07 bits per heavy atom. The summed E-state index contributed by atoms with van der Waals surface area (Å²) in [5.74, 6) is 0.870. The summed E-state index contributed by atoms with van der Waals surface area (Å²) in [6.45, 7) is 4.44. The number of hydrogen-bond acceptors (Lipinski definition) is 3. The second-order valence-corrected chi connectivity index (χ2v) is 6.48. The van der Waals surface area contributed by atoms with E-state index in [1.54, 1.807) is 12.1 Å². The van der Waals surface area contributed by atoms with Crippen molar-refractivity contribution in [1.29, 1.82) is 0 Å². The van der Waals surface area contributed by atoms with Crippen molar-refractivity contribution in [2.45, 2.75) is 26.4 Å². The Balaban J connectivity index is 0.00000300.